The van der Waals surface area contributed by atoms with Crippen LogP contribution in [0.4, 0.5) is 0 Å². The summed E-state index contributed by atoms with van der Waals surface area (Å²) in [5, 5.41) is 4.99. The van der Waals surface area contributed by atoms with E-state index in [9.17, 15) is 0 Å². The molecule has 4 aromatic carbocycles. The van der Waals surface area contributed by atoms with Gasteiger partial charge in [-0.2, -0.15) is 0 Å². The fourth-order valence-electron chi connectivity index (χ4n) is 3.15. The predicted molar refractivity (Wildman–Crippen MR) is 114 cm³/mol. The van der Waals surface area contributed by atoms with Crippen molar-refractivity contribution in [2.24, 2.45) is 0 Å². The van der Waals surface area contributed by atoms with Gasteiger partial charge < -0.3 is 0 Å². The van der Waals surface area contributed by atoms with Gasteiger partial charge in [0.2, 0.25) is 0 Å². The van der Waals surface area contributed by atoms with Gasteiger partial charge >= 0.3 is 0 Å². The normalized spacial score (nSPS) is 10.9. The van der Waals surface area contributed by atoms with Crippen LogP contribution >= 0.6 is 18.5 Å². The summed E-state index contributed by atoms with van der Waals surface area (Å²) in [6.45, 7) is 0. The van der Waals surface area contributed by atoms with Crippen LogP contribution in [0.5, 0.6) is 0 Å². The van der Waals surface area contributed by atoms with Crippen LogP contribution in [-0.4, -0.2) is 0 Å². The van der Waals surface area contributed by atoms with E-state index in [1.54, 1.807) is 0 Å². The lowest BCUT2D eigenvalue weighted by Crippen LogP contribution is -1.91. The first-order valence-corrected chi connectivity index (χ1v) is 9.11. The molecule has 4 aromatic rings. The summed E-state index contributed by atoms with van der Waals surface area (Å²) < 4.78 is 0. The highest BCUT2D eigenvalue weighted by Crippen LogP contribution is 2.36. The molecule has 0 saturated heterocycles. The van der Waals surface area contributed by atoms with Gasteiger partial charge in [0.1, 0.15) is 0 Å². The van der Waals surface area contributed by atoms with Gasteiger partial charge in [0.05, 0.1) is 0 Å². The lowest BCUT2D eigenvalue weighted by molar-refractivity contribution is 1.65. The molecule has 0 aliphatic carbocycles. The maximum Gasteiger partial charge on any atom is -0.00268 e. The van der Waals surface area contributed by atoms with Gasteiger partial charge in [-0.15, -0.1) is 18.5 Å². The Morgan fingerprint density at radius 1 is 0.458 bits per heavy atom. The minimum absolute atomic E-state index is 1.20. The van der Waals surface area contributed by atoms with Crippen LogP contribution in [0.25, 0.3) is 33.0 Å². The maximum atomic E-state index is 2.75. The third-order valence-electron chi connectivity index (χ3n) is 4.35. The molecular weight excluding hydrogens is 326 g/mol. The third-order valence-corrected chi connectivity index (χ3v) is 5.12. The molecular formula is C22H18P2. The summed E-state index contributed by atoms with van der Waals surface area (Å²) in [6.07, 6.45) is 0. The molecule has 0 nitrogen and oxygen atoms in total. The zero-order valence-corrected chi connectivity index (χ0v) is 15.5. The molecule has 24 heavy (non-hydrogen) atoms. The summed E-state index contributed by atoms with van der Waals surface area (Å²) in [5.41, 5.74) is 5.06. The highest BCUT2D eigenvalue weighted by Gasteiger charge is 2.09. The molecule has 116 valence electrons. The largest absolute Gasteiger partial charge is 0.106 e. The van der Waals surface area contributed by atoms with Crippen LogP contribution in [0.2, 0.25) is 0 Å². The number of fused-ring (bicyclic) bond motifs is 1. The molecule has 0 saturated carbocycles. The number of benzene rings is 4. The number of hydrogen-bond donors (Lipinski definition) is 0. The Balaban J connectivity index is 2.01. The van der Waals surface area contributed by atoms with E-state index in [1.165, 1.54) is 43.6 Å². The van der Waals surface area contributed by atoms with Crippen LogP contribution < -0.4 is 10.6 Å². The van der Waals surface area contributed by atoms with Gasteiger partial charge in [-0.25, -0.2) is 0 Å². The van der Waals surface area contributed by atoms with Gasteiger partial charge in [0, 0.05) is 0 Å². The Labute approximate surface area is 147 Å². The first kappa shape index (κ1) is 15.5. The summed E-state index contributed by atoms with van der Waals surface area (Å²) in [7, 11) is 5.50. The molecule has 2 atom stereocenters. The highest BCUT2D eigenvalue weighted by molar-refractivity contribution is 7.27. The molecule has 0 bridgehead atoms. The van der Waals surface area contributed by atoms with Gasteiger partial charge in [0.15, 0.2) is 0 Å². The molecule has 0 spiro atoms. The zero-order chi connectivity index (χ0) is 16.5. The second kappa shape index (κ2) is 6.48. The van der Waals surface area contributed by atoms with E-state index < -0.39 is 0 Å². The first-order valence-electron chi connectivity index (χ1n) is 7.96. The van der Waals surface area contributed by atoms with E-state index in [-0.39, 0.29) is 0 Å². The van der Waals surface area contributed by atoms with Crippen molar-refractivity contribution < 1.29 is 0 Å². The number of rotatable bonds is 2. The standard InChI is InChI=1S/C22H18P2/c23-18-11-7-15(8-12-18)20-5-1-3-17-4-2-6-21(22(17)20)16-9-13-19(24)14-10-16/h1-14H,23-24H2. The number of hydrogen-bond acceptors (Lipinski definition) is 0. The average Bonchev–Trinajstić information content (AvgIpc) is 2.62. The van der Waals surface area contributed by atoms with E-state index in [4.69, 9.17) is 0 Å². The van der Waals surface area contributed by atoms with Gasteiger partial charge in [-0.1, -0.05) is 84.9 Å². The fourth-order valence-corrected chi connectivity index (χ4v) is 3.53. The van der Waals surface area contributed by atoms with Gasteiger partial charge in [0.25, 0.3) is 0 Å². The van der Waals surface area contributed by atoms with Crippen LogP contribution in [-0.2, 0) is 0 Å². The quantitative estimate of drug-likeness (QED) is 0.440. The molecule has 4 rings (SSSR count). The van der Waals surface area contributed by atoms with Crippen LogP contribution in [0.3, 0.4) is 0 Å². The Hall–Kier alpha value is -2.00. The molecule has 0 radical (unpaired) electrons. The first-order chi connectivity index (χ1) is 11.7. The van der Waals surface area contributed by atoms with E-state index in [0.29, 0.717) is 0 Å². The monoisotopic (exact) mass is 344 g/mol. The second-order valence-electron chi connectivity index (χ2n) is 5.95. The Morgan fingerprint density at radius 2 is 0.875 bits per heavy atom. The van der Waals surface area contributed by atoms with Gasteiger partial charge in [-0.05, 0) is 43.6 Å². The van der Waals surface area contributed by atoms with E-state index in [2.05, 4.69) is 103 Å². The molecule has 0 aliphatic heterocycles. The fraction of sp³-hybridized carbons (Fsp3) is 0. The smallest absolute Gasteiger partial charge is 0.00268 e. The molecule has 2 heteroatoms. The van der Waals surface area contributed by atoms with Crippen molar-refractivity contribution in [2.45, 2.75) is 0 Å². The summed E-state index contributed by atoms with van der Waals surface area (Å²) in [5.74, 6) is 0. The van der Waals surface area contributed by atoms with Crippen molar-refractivity contribution in [3.63, 3.8) is 0 Å². The SMILES string of the molecule is Pc1ccc(-c2cccc3cccc(-c4ccc(P)cc4)c23)cc1. The minimum Gasteiger partial charge on any atom is -0.106 e. The second-order valence-corrected chi connectivity index (χ2v) is 7.29. The van der Waals surface area contributed by atoms with Gasteiger partial charge in [-0.3, -0.25) is 0 Å². The van der Waals surface area contributed by atoms with Crippen molar-refractivity contribution in [2.75, 3.05) is 0 Å². The Bertz CT molecular complexity index is 920. The molecule has 0 amide bonds. The summed E-state index contributed by atoms with van der Waals surface area (Å²) in [4.78, 5) is 0. The lowest BCUT2D eigenvalue weighted by atomic mass is 9.91. The lowest BCUT2D eigenvalue weighted by Gasteiger charge is -2.13. The van der Waals surface area contributed by atoms with E-state index in [1.807, 2.05) is 0 Å². The van der Waals surface area contributed by atoms with Crippen LogP contribution in [0.1, 0.15) is 0 Å². The molecule has 0 fully saturated rings. The third kappa shape index (κ3) is 2.89. The van der Waals surface area contributed by atoms with Crippen LogP contribution in [0, 0.1) is 0 Å². The van der Waals surface area contributed by atoms with Crippen molar-refractivity contribution in [3.8, 4) is 22.3 Å². The summed E-state index contributed by atoms with van der Waals surface area (Å²) >= 11 is 0. The predicted octanol–water partition coefficient (Wildman–Crippen LogP) is 5.17. The summed E-state index contributed by atoms with van der Waals surface area (Å²) in [6, 6.07) is 30.4. The molecule has 0 aliphatic rings. The van der Waals surface area contributed by atoms with E-state index >= 15 is 0 Å². The van der Waals surface area contributed by atoms with Crippen molar-refractivity contribution in [1.82, 2.24) is 0 Å². The zero-order valence-electron chi connectivity index (χ0n) is 13.2. The molecule has 0 heterocycles. The molecule has 0 N–H and O–H groups in total. The minimum atomic E-state index is 1.20. The Kier molecular flexibility index (Phi) is 4.19. The highest BCUT2D eigenvalue weighted by atomic mass is 31.0. The Morgan fingerprint density at radius 3 is 1.29 bits per heavy atom. The molecule has 0 aromatic heterocycles. The van der Waals surface area contributed by atoms with Crippen molar-refractivity contribution >= 4 is 39.9 Å². The molecule has 2 unspecified atom stereocenters. The van der Waals surface area contributed by atoms with Crippen LogP contribution in [0.15, 0.2) is 84.9 Å². The van der Waals surface area contributed by atoms with Crippen molar-refractivity contribution in [3.05, 3.63) is 84.9 Å². The van der Waals surface area contributed by atoms with E-state index in [0.717, 1.165) is 0 Å². The topological polar surface area (TPSA) is 0 Å². The average molecular weight is 344 g/mol. The van der Waals surface area contributed by atoms with Crippen molar-refractivity contribution in [1.29, 1.82) is 0 Å². The maximum absolute atomic E-state index is 2.75.